The molecular formula is C19H23F3N2S. The van der Waals surface area contributed by atoms with E-state index in [1.807, 2.05) is 0 Å². The largest absolute Gasteiger partial charge is 0.204 e. The number of unbranched alkanes of at least 4 members (excludes halogenated alkanes) is 2. The van der Waals surface area contributed by atoms with E-state index in [-0.39, 0.29) is 5.56 Å². The Balaban J connectivity index is 1.64. The highest BCUT2D eigenvalue weighted by molar-refractivity contribution is 7.14. The lowest BCUT2D eigenvalue weighted by atomic mass is 9.80. The van der Waals surface area contributed by atoms with Gasteiger partial charge in [-0.1, -0.05) is 43.9 Å². The average Bonchev–Trinajstić information content (AvgIpc) is 3.10. The molecule has 1 saturated carbocycles. The van der Waals surface area contributed by atoms with Gasteiger partial charge in [-0.15, -0.1) is 10.2 Å². The minimum Gasteiger partial charge on any atom is -0.204 e. The van der Waals surface area contributed by atoms with Crippen molar-refractivity contribution in [3.63, 3.8) is 0 Å². The van der Waals surface area contributed by atoms with E-state index in [2.05, 4.69) is 17.1 Å². The molecule has 0 spiro atoms. The third kappa shape index (κ3) is 4.22. The molecule has 2 aromatic rings. The van der Waals surface area contributed by atoms with Crippen LogP contribution in [-0.2, 0) is 0 Å². The summed E-state index contributed by atoms with van der Waals surface area (Å²) in [6, 6.07) is 2.15. The van der Waals surface area contributed by atoms with E-state index in [0.29, 0.717) is 10.9 Å². The molecule has 0 aliphatic heterocycles. The van der Waals surface area contributed by atoms with Crippen molar-refractivity contribution in [1.29, 1.82) is 0 Å². The van der Waals surface area contributed by atoms with Crippen LogP contribution >= 0.6 is 11.3 Å². The number of aromatic nitrogens is 2. The van der Waals surface area contributed by atoms with E-state index >= 15 is 0 Å². The summed E-state index contributed by atoms with van der Waals surface area (Å²) in [6.45, 7) is 2.22. The summed E-state index contributed by atoms with van der Waals surface area (Å²) in [6.07, 6.45) is 9.72. The quantitative estimate of drug-likeness (QED) is 0.431. The lowest BCUT2D eigenvalue weighted by molar-refractivity contribution is 0.302. The Bertz CT molecular complexity index is 709. The van der Waals surface area contributed by atoms with Crippen molar-refractivity contribution >= 4 is 11.3 Å². The molecule has 0 unspecified atom stereocenters. The van der Waals surface area contributed by atoms with Crippen molar-refractivity contribution in [3.8, 4) is 10.6 Å². The SMILES string of the molecule is CCCCCC1CCC(c2nnc(-c3ccc(F)c(F)c3F)s2)CC1. The summed E-state index contributed by atoms with van der Waals surface area (Å²) < 4.78 is 40.4. The summed E-state index contributed by atoms with van der Waals surface area (Å²) in [7, 11) is 0. The zero-order valence-electron chi connectivity index (χ0n) is 14.4. The molecule has 3 rings (SSSR count). The van der Waals surface area contributed by atoms with Crippen LogP contribution in [0.5, 0.6) is 0 Å². The number of nitrogens with zero attached hydrogens (tertiary/aromatic N) is 2. The third-order valence-electron chi connectivity index (χ3n) is 5.12. The second-order valence-electron chi connectivity index (χ2n) is 6.88. The van der Waals surface area contributed by atoms with Gasteiger partial charge in [-0.05, 0) is 43.7 Å². The van der Waals surface area contributed by atoms with Crippen molar-refractivity contribution in [2.45, 2.75) is 64.2 Å². The predicted molar refractivity (Wildman–Crippen MR) is 94.1 cm³/mol. The topological polar surface area (TPSA) is 25.8 Å². The van der Waals surface area contributed by atoms with Gasteiger partial charge in [0.25, 0.3) is 0 Å². The number of halogens is 3. The zero-order valence-corrected chi connectivity index (χ0v) is 15.2. The van der Waals surface area contributed by atoms with Crippen LogP contribution in [0, 0.1) is 23.4 Å². The first kappa shape index (κ1) is 18.4. The molecule has 1 aromatic carbocycles. The highest BCUT2D eigenvalue weighted by Crippen LogP contribution is 2.40. The first-order valence-electron chi connectivity index (χ1n) is 9.07. The number of rotatable bonds is 6. The Morgan fingerprint density at radius 1 is 1.00 bits per heavy atom. The molecule has 1 heterocycles. The Labute approximate surface area is 150 Å². The lowest BCUT2D eigenvalue weighted by Gasteiger charge is -2.27. The monoisotopic (exact) mass is 368 g/mol. The maximum Gasteiger partial charge on any atom is 0.195 e. The molecule has 0 atom stereocenters. The van der Waals surface area contributed by atoms with Crippen LogP contribution in [0.1, 0.15) is 69.2 Å². The number of hydrogen-bond acceptors (Lipinski definition) is 3. The van der Waals surface area contributed by atoms with Gasteiger partial charge in [0.1, 0.15) is 5.01 Å². The van der Waals surface area contributed by atoms with E-state index in [1.165, 1.54) is 55.9 Å². The van der Waals surface area contributed by atoms with Crippen LogP contribution in [0.15, 0.2) is 12.1 Å². The molecule has 0 saturated heterocycles. The Hall–Kier alpha value is -1.43. The van der Waals surface area contributed by atoms with Crippen LogP contribution in [0.25, 0.3) is 10.6 Å². The minimum absolute atomic E-state index is 0.0177. The first-order valence-corrected chi connectivity index (χ1v) is 9.89. The second-order valence-corrected chi connectivity index (χ2v) is 7.89. The van der Waals surface area contributed by atoms with Crippen molar-refractivity contribution in [2.75, 3.05) is 0 Å². The fourth-order valence-corrected chi connectivity index (χ4v) is 4.61. The van der Waals surface area contributed by atoms with Crippen molar-refractivity contribution in [3.05, 3.63) is 34.6 Å². The molecule has 136 valence electrons. The molecule has 0 amide bonds. The molecule has 0 N–H and O–H groups in total. The number of benzene rings is 1. The zero-order chi connectivity index (χ0) is 17.8. The fourth-order valence-electron chi connectivity index (χ4n) is 3.58. The Morgan fingerprint density at radius 3 is 2.48 bits per heavy atom. The van der Waals surface area contributed by atoms with Crippen molar-refractivity contribution < 1.29 is 13.2 Å². The summed E-state index contributed by atoms with van der Waals surface area (Å²) in [5.41, 5.74) is -0.0177. The molecule has 0 radical (unpaired) electrons. The molecule has 6 heteroatoms. The lowest BCUT2D eigenvalue weighted by Crippen LogP contribution is -2.13. The molecular weight excluding hydrogens is 345 g/mol. The van der Waals surface area contributed by atoms with Gasteiger partial charge < -0.3 is 0 Å². The van der Waals surface area contributed by atoms with E-state index in [0.717, 1.165) is 29.8 Å². The molecule has 2 nitrogen and oxygen atoms in total. The highest BCUT2D eigenvalue weighted by atomic mass is 32.1. The summed E-state index contributed by atoms with van der Waals surface area (Å²) in [5, 5.41) is 9.40. The van der Waals surface area contributed by atoms with Gasteiger partial charge in [-0.3, -0.25) is 0 Å². The minimum atomic E-state index is -1.46. The summed E-state index contributed by atoms with van der Waals surface area (Å²) in [5.74, 6) is -2.68. The van der Waals surface area contributed by atoms with Crippen LogP contribution in [-0.4, -0.2) is 10.2 Å². The Kier molecular flexibility index (Phi) is 6.10. The molecule has 1 fully saturated rings. The standard InChI is InChI=1S/C19H23F3N2S/c1-2-3-4-5-12-6-8-13(9-7-12)18-23-24-19(25-18)14-10-11-15(20)17(22)16(14)21/h10-13H,2-9H2,1H3. The van der Waals surface area contributed by atoms with Gasteiger partial charge in [-0.25, -0.2) is 13.2 Å². The van der Waals surface area contributed by atoms with E-state index in [4.69, 9.17) is 0 Å². The smallest absolute Gasteiger partial charge is 0.195 e. The van der Waals surface area contributed by atoms with Crippen molar-refractivity contribution in [1.82, 2.24) is 10.2 Å². The van der Waals surface area contributed by atoms with Crippen LogP contribution < -0.4 is 0 Å². The molecule has 1 aromatic heterocycles. The van der Waals surface area contributed by atoms with Gasteiger partial charge in [0.15, 0.2) is 22.5 Å². The van der Waals surface area contributed by atoms with E-state index < -0.39 is 17.5 Å². The Morgan fingerprint density at radius 2 is 1.76 bits per heavy atom. The highest BCUT2D eigenvalue weighted by Gasteiger charge is 2.26. The van der Waals surface area contributed by atoms with Crippen LogP contribution in [0.3, 0.4) is 0 Å². The summed E-state index contributed by atoms with van der Waals surface area (Å²) in [4.78, 5) is 0. The fraction of sp³-hybridized carbons (Fsp3) is 0.579. The third-order valence-corrected chi connectivity index (χ3v) is 6.24. The maximum absolute atomic E-state index is 13.9. The van der Waals surface area contributed by atoms with Crippen LogP contribution in [0.2, 0.25) is 0 Å². The molecule has 0 bridgehead atoms. The predicted octanol–water partition coefficient (Wildman–Crippen LogP) is 6.48. The van der Waals surface area contributed by atoms with Gasteiger partial charge in [0, 0.05) is 5.92 Å². The van der Waals surface area contributed by atoms with E-state index in [1.54, 1.807) is 0 Å². The van der Waals surface area contributed by atoms with E-state index in [9.17, 15) is 13.2 Å². The van der Waals surface area contributed by atoms with Crippen LogP contribution in [0.4, 0.5) is 13.2 Å². The average molecular weight is 368 g/mol. The summed E-state index contributed by atoms with van der Waals surface area (Å²) >= 11 is 1.29. The molecule has 1 aliphatic rings. The normalized spacial score (nSPS) is 20.8. The maximum atomic E-state index is 13.9. The van der Waals surface area contributed by atoms with Gasteiger partial charge in [0.05, 0.1) is 5.56 Å². The number of hydrogen-bond donors (Lipinski definition) is 0. The van der Waals surface area contributed by atoms with Gasteiger partial charge in [0.2, 0.25) is 0 Å². The van der Waals surface area contributed by atoms with Gasteiger partial charge >= 0.3 is 0 Å². The van der Waals surface area contributed by atoms with Crippen molar-refractivity contribution in [2.24, 2.45) is 5.92 Å². The molecule has 25 heavy (non-hydrogen) atoms. The first-order chi connectivity index (χ1) is 12.1. The molecule has 1 aliphatic carbocycles. The van der Waals surface area contributed by atoms with Gasteiger partial charge in [-0.2, -0.15) is 0 Å². The second kappa shape index (κ2) is 8.30.